The fraction of sp³-hybridized carbons (Fsp3) is 0.304. The first kappa shape index (κ1) is 19.1. The first-order valence-corrected chi connectivity index (χ1v) is 9.79. The van der Waals surface area contributed by atoms with Crippen molar-refractivity contribution in [3.05, 3.63) is 64.8 Å². The molecular weight excluding hydrogens is 368 g/mol. The van der Waals surface area contributed by atoms with Gasteiger partial charge in [0.05, 0.1) is 11.4 Å². The van der Waals surface area contributed by atoms with Crippen LogP contribution in [0.15, 0.2) is 42.5 Å². The Morgan fingerprint density at radius 2 is 1.97 bits per heavy atom. The van der Waals surface area contributed by atoms with E-state index in [1.165, 1.54) is 0 Å². The molecule has 1 aliphatic rings. The number of hydrogen-bond acceptors (Lipinski definition) is 3. The highest BCUT2D eigenvalue weighted by Crippen LogP contribution is 2.44. The summed E-state index contributed by atoms with van der Waals surface area (Å²) in [5.41, 5.74) is 10.9. The number of aromatic nitrogens is 1. The number of benzene rings is 2. The Morgan fingerprint density at radius 3 is 2.66 bits per heavy atom. The highest BCUT2D eigenvalue weighted by Gasteiger charge is 2.33. The minimum absolute atomic E-state index is 0.351. The maximum absolute atomic E-state index is 12.3. The SMILES string of the molecule is Cc1ccc(OCC(=O)O)c2c3c(n(Cc4ccccc4)c12)CCCC3C(N)=O. The highest BCUT2D eigenvalue weighted by atomic mass is 16.5. The van der Waals surface area contributed by atoms with Crippen molar-refractivity contribution >= 4 is 22.8 Å². The van der Waals surface area contributed by atoms with E-state index in [1.807, 2.05) is 31.2 Å². The Hall–Kier alpha value is -3.28. The van der Waals surface area contributed by atoms with Gasteiger partial charge in [-0.3, -0.25) is 4.79 Å². The minimum Gasteiger partial charge on any atom is -0.481 e. The van der Waals surface area contributed by atoms with Crippen molar-refractivity contribution in [1.29, 1.82) is 0 Å². The number of carboxylic acid groups (broad SMARTS) is 1. The summed E-state index contributed by atoms with van der Waals surface area (Å²) in [6, 6.07) is 13.9. The average molecular weight is 392 g/mol. The van der Waals surface area contributed by atoms with Gasteiger partial charge >= 0.3 is 5.97 Å². The van der Waals surface area contributed by atoms with E-state index in [1.54, 1.807) is 6.07 Å². The van der Waals surface area contributed by atoms with Crippen LogP contribution in [0, 0.1) is 6.92 Å². The van der Waals surface area contributed by atoms with Crippen molar-refractivity contribution in [3.8, 4) is 5.75 Å². The zero-order valence-corrected chi connectivity index (χ0v) is 16.4. The second kappa shape index (κ2) is 7.62. The fourth-order valence-corrected chi connectivity index (χ4v) is 4.46. The van der Waals surface area contributed by atoms with Crippen molar-refractivity contribution in [2.45, 2.75) is 38.6 Å². The molecular formula is C23H24N2O4. The third kappa shape index (κ3) is 3.46. The lowest BCUT2D eigenvalue weighted by Gasteiger charge is -2.22. The summed E-state index contributed by atoms with van der Waals surface area (Å²) in [7, 11) is 0. The number of carbonyl (C=O) groups excluding carboxylic acids is 1. The number of aliphatic carboxylic acids is 1. The third-order valence-electron chi connectivity index (χ3n) is 5.65. The van der Waals surface area contributed by atoms with Crippen LogP contribution < -0.4 is 10.5 Å². The zero-order chi connectivity index (χ0) is 20.5. The van der Waals surface area contributed by atoms with Gasteiger partial charge < -0.3 is 20.1 Å². The number of carboxylic acids is 1. The van der Waals surface area contributed by atoms with Gasteiger partial charge in [0.15, 0.2) is 6.61 Å². The predicted octanol–water partition coefficient (Wildman–Crippen LogP) is 3.37. The molecule has 1 aromatic heterocycles. The van der Waals surface area contributed by atoms with E-state index in [0.29, 0.717) is 18.7 Å². The number of rotatable bonds is 6. The number of amides is 1. The number of fused-ring (bicyclic) bond motifs is 3. The van der Waals surface area contributed by atoms with Crippen LogP contribution >= 0.6 is 0 Å². The van der Waals surface area contributed by atoms with Crippen LogP contribution in [0.1, 0.15) is 41.1 Å². The van der Waals surface area contributed by atoms with Crippen LogP contribution in [-0.4, -0.2) is 28.2 Å². The van der Waals surface area contributed by atoms with E-state index >= 15 is 0 Å². The van der Waals surface area contributed by atoms with Gasteiger partial charge in [-0.05, 0) is 48.9 Å². The molecule has 0 fully saturated rings. The number of carbonyl (C=O) groups is 2. The number of nitrogens with two attached hydrogens (primary N) is 1. The van der Waals surface area contributed by atoms with E-state index in [4.69, 9.17) is 15.6 Å². The van der Waals surface area contributed by atoms with Crippen LogP contribution in [0.4, 0.5) is 0 Å². The van der Waals surface area contributed by atoms with Gasteiger partial charge in [0.1, 0.15) is 5.75 Å². The molecule has 0 aliphatic heterocycles. The van der Waals surface area contributed by atoms with Gasteiger partial charge in [-0.2, -0.15) is 0 Å². The molecule has 0 bridgehead atoms. The lowest BCUT2D eigenvalue weighted by Crippen LogP contribution is -2.25. The van der Waals surface area contributed by atoms with Crippen LogP contribution in [-0.2, 0) is 22.6 Å². The van der Waals surface area contributed by atoms with Gasteiger partial charge in [0.25, 0.3) is 0 Å². The fourth-order valence-electron chi connectivity index (χ4n) is 4.46. The maximum atomic E-state index is 12.3. The Morgan fingerprint density at radius 1 is 1.21 bits per heavy atom. The standard InChI is InChI=1S/C23H24N2O4/c1-14-10-11-18(29-13-19(26)27)21-20-16(23(24)28)8-5-9-17(20)25(22(14)21)12-15-6-3-2-4-7-15/h2-4,6-7,10-11,16H,5,8-9,12-13H2,1H3,(H2,24,28)(H,26,27). The van der Waals surface area contributed by atoms with Gasteiger partial charge in [-0.25, -0.2) is 4.79 Å². The predicted molar refractivity (Wildman–Crippen MR) is 110 cm³/mol. The van der Waals surface area contributed by atoms with Crippen molar-refractivity contribution in [1.82, 2.24) is 4.57 Å². The number of nitrogens with zero attached hydrogens (tertiary/aromatic N) is 1. The van der Waals surface area contributed by atoms with Gasteiger partial charge in [-0.1, -0.05) is 36.4 Å². The molecule has 6 nitrogen and oxygen atoms in total. The molecule has 3 N–H and O–H groups in total. The van der Waals surface area contributed by atoms with Crippen molar-refractivity contribution in [2.24, 2.45) is 5.73 Å². The average Bonchev–Trinajstić information content (AvgIpc) is 3.03. The van der Waals surface area contributed by atoms with Crippen LogP contribution in [0.2, 0.25) is 0 Å². The lowest BCUT2D eigenvalue weighted by atomic mass is 9.84. The summed E-state index contributed by atoms with van der Waals surface area (Å²) in [5.74, 6) is -1.30. The number of aryl methyl sites for hydroxylation is 1. The summed E-state index contributed by atoms with van der Waals surface area (Å²) < 4.78 is 7.88. The number of ether oxygens (including phenoxy) is 1. The van der Waals surface area contributed by atoms with Gasteiger partial charge in [0.2, 0.25) is 5.91 Å². The Labute approximate surface area is 168 Å². The molecule has 1 heterocycles. The summed E-state index contributed by atoms with van der Waals surface area (Å²) in [6.07, 6.45) is 2.42. The molecule has 1 amide bonds. The Kier molecular flexibility index (Phi) is 5.01. The molecule has 0 spiro atoms. The number of primary amides is 1. The molecule has 1 unspecified atom stereocenters. The van der Waals surface area contributed by atoms with E-state index in [2.05, 4.69) is 16.7 Å². The number of hydrogen-bond donors (Lipinski definition) is 2. The summed E-state index contributed by atoms with van der Waals surface area (Å²) in [5, 5.41) is 9.90. The topological polar surface area (TPSA) is 94.6 Å². The van der Waals surface area contributed by atoms with Crippen LogP contribution in [0.25, 0.3) is 10.9 Å². The monoisotopic (exact) mass is 392 g/mol. The summed E-state index contributed by atoms with van der Waals surface area (Å²) in [4.78, 5) is 23.3. The lowest BCUT2D eigenvalue weighted by molar-refractivity contribution is -0.139. The third-order valence-corrected chi connectivity index (χ3v) is 5.65. The van der Waals surface area contributed by atoms with E-state index in [-0.39, 0.29) is 5.91 Å². The molecule has 2 aromatic carbocycles. The first-order valence-electron chi connectivity index (χ1n) is 9.79. The molecule has 0 saturated heterocycles. The van der Waals surface area contributed by atoms with Gasteiger partial charge in [-0.15, -0.1) is 0 Å². The molecule has 0 saturated carbocycles. The minimum atomic E-state index is -1.04. The normalized spacial score (nSPS) is 15.8. The van der Waals surface area contributed by atoms with Crippen molar-refractivity contribution < 1.29 is 19.4 Å². The molecule has 0 radical (unpaired) electrons. The highest BCUT2D eigenvalue weighted by molar-refractivity contribution is 5.98. The summed E-state index contributed by atoms with van der Waals surface area (Å²) in [6.45, 7) is 2.26. The second-order valence-electron chi connectivity index (χ2n) is 7.57. The molecule has 1 atom stereocenters. The molecule has 29 heavy (non-hydrogen) atoms. The van der Waals surface area contributed by atoms with E-state index in [0.717, 1.165) is 46.1 Å². The first-order chi connectivity index (χ1) is 14.0. The van der Waals surface area contributed by atoms with Crippen molar-refractivity contribution in [3.63, 3.8) is 0 Å². The molecule has 6 heteroatoms. The van der Waals surface area contributed by atoms with Crippen molar-refractivity contribution in [2.75, 3.05) is 6.61 Å². The van der Waals surface area contributed by atoms with Gasteiger partial charge in [0, 0.05) is 17.6 Å². The van der Waals surface area contributed by atoms with Crippen LogP contribution in [0.5, 0.6) is 5.75 Å². The largest absolute Gasteiger partial charge is 0.481 e. The molecule has 4 rings (SSSR count). The Bertz CT molecular complexity index is 1090. The maximum Gasteiger partial charge on any atom is 0.341 e. The smallest absolute Gasteiger partial charge is 0.341 e. The van der Waals surface area contributed by atoms with Crippen LogP contribution in [0.3, 0.4) is 0 Å². The van der Waals surface area contributed by atoms with E-state index < -0.39 is 18.5 Å². The second-order valence-corrected chi connectivity index (χ2v) is 7.57. The molecule has 1 aliphatic carbocycles. The van der Waals surface area contributed by atoms with E-state index in [9.17, 15) is 9.59 Å². The Balaban J connectivity index is 1.98. The molecule has 3 aromatic rings. The zero-order valence-electron chi connectivity index (χ0n) is 16.4. The summed E-state index contributed by atoms with van der Waals surface area (Å²) >= 11 is 0. The molecule has 150 valence electrons. The quantitative estimate of drug-likeness (QED) is 0.672.